The minimum absolute atomic E-state index is 0.00722. The van der Waals surface area contributed by atoms with Crippen LogP contribution in [0.1, 0.15) is 11.1 Å². The molecule has 17 heavy (non-hydrogen) atoms. The van der Waals surface area contributed by atoms with Gasteiger partial charge in [-0.05, 0) is 23.3 Å². The number of benzene rings is 1. The minimum atomic E-state index is -0.301. The first-order chi connectivity index (χ1) is 8.21. The topological polar surface area (TPSA) is 69.7 Å². The second-order valence-corrected chi connectivity index (χ2v) is 3.84. The number of nitrogens with two attached hydrogens (primary N) is 1. The van der Waals surface area contributed by atoms with Crippen LogP contribution < -0.4 is 5.73 Å². The van der Waals surface area contributed by atoms with Crippen molar-refractivity contribution in [2.75, 3.05) is 26.3 Å². The number of aliphatic hydroxyl groups is 2. The highest BCUT2D eigenvalue weighted by Crippen LogP contribution is 2.13. The maximum Gasteiger partial charge on any atom is 0.123 e. The molecule has 5 heteroatoms. The summed E-state index contributed by atoms with van der Waals surface area (Å²) in [6, 6.07) is 4.50. The van der Waals surface area contributed by atoms with Crippen LogP contribution in [0.3, 0.4) is 0 Å². The van der Waals surface area contributed by atoms with Crippen LogP contribution in [-0.2, 0) is 13.1 Å². The third-order valence-electron chi connectivity index (χ3n) is 2.61. The standard InChI is InChI=1S/C12H19FN2O2/c13-12-2-1-10(8-14)11(7-12)9-15(3-5-16)4-6-17/h1-2,7,16-17H,3-6,8-9,14H2. The van der Waals surface area contributed by atoms with E-state index >= 15 is 0 Å². The fraction of sp³-hybridized carbons (Fsp3) is 0.500. The number of nitrogens with zero attached hydrogens (tertiary/aromatic N) is 1. The molecule has 1 rings (SSSR count). The molecule has 0 unspecified atom stereocenters. The Kier molecular flexibility index (Phi) is 6.07. The highest BCUT2D eigenvalue weighted by Gasteiger charge is 2.09. The van der Waals surface area contributed by atoms with Crippen LogP contribution in [-0.4, -0.2) is 41.4 Å². The lowest BCUT2D eigenvalue weighted by atomic mass is 10.1. The summed E-state index contributed by atoms with van der Waals surface area (Å²) in [7, 11) is 0. The Balaban J connectivity index is 2.79. The van der Waals surface area contributed by atoms with Crippen molar-refractivity contribution in [1.82, 2.24) is 4.90 Å². The summed E-state index contributed by atoms with van der Waals surface area (Å²) in [5, 5.41) is 17.8. The van der Waals surface area contributed by atoms with E-state index in [1.54, 1.807) is 6.07 Å². The normalized spacial score (nSPS) is 11.1. The van der Waals surface area contributed by atoms with Crippen LogP contribution in [0.5, 0.6) is 0 Å². The molecule has 0 aliphatic rings. The molecule has 0 atom stereocenters. The van der Waals surface area contributed by atoms with Gasteiger partial charge < -0.3 is 15.9 Å². The van der Waals surface area contributed by atoms with Crippen LogP contribution in [0.2, 0.25) is 0 Å². The molecular weight excluding hydrogens is 223 g/mol. The van der Waals surface area contributed by atoms with Gasteiger partial charge in [-0.15, -0.1) is 0 Å². The zero-order valence-corrected chi connectivity index (χ0v) is 9.77. The number of hydrogen-bond donors (Lipinski definition) is 3. The molecule has 0 aliphatic heterocycles. The number of hydrogen-bond acceptors (Lipinski definition) is 4. The van der Waals surface area contributed by atoms with Gasteiger partial charge in [0.1, 0.15) is 5.82 Å². The molecule has 0 heterocycles. The Bertz CT molecular complexity index is 341. The van der Waals surface area contributed by atoms with Crippen LogP contribution >= 0.6 is 0 Å². The molecule has 1 aromatic carbocycles. The van der Waals surface area contributed by atoms with E-state index in [4.69, 9.17) is 15.9 Å². The van der Waals surface area contributed by atoms with E-state index in [1.165, 1.54) is 12.1 Å². The van der Waals surface area contributed by atoms with Gasteiger partial charge in [0.2, 0.25) is 0 Å². The molecule has 0 spiro atoms. The Morgan fingerprint density at radius 1 is 1.12 bits per heavy atom. The van der Waals surface area contributed by atoms with Crippen LogP contribution in [0, 0.1) is 5.82 Å². The largest absolute Gasteiger partial charge is 0.395 e. The van der Waals surface area contributed by atoms with E-state index in [9.17, 15) is 4.39 Å². The summed E-state index contributed by atoms with van der Waals surface area (Å²) in [4.78, 5) is 1.86. The predicted octanol–water partition coefficient (Wildman–Crippen LogP) is 0.0710. The fourth-order valence-corrected chi connectivity index (χ4v) is 1.73. The highest BCUT2D eigenvalue weighted by molar-refractivity contribution is 5.27. The van der Waals surface area contributed by atoms with E-state index in [-0.39, 0.29) is 19.0 Å². The summed E-state index contributed by atoms with van der Waals surface area (Å²) in [5.74, 6) is -0.301. The smallest absolute Gasteiger partial charge is 0.123 e. The van der Waals surface area contributed by atoms with E-state index in [0.717, 1.165) is 11.1 Å². The van der Waals surface area contributed by atoms with E-state index in [1.807, 2.05) is 4.90 Å². The number of rotatable bonds is 7. The molecule has 0 saturated heterocycles. The number of halogens is 1. The first-order valence-corrected chi connectivity index (χ1v) is 5.62. The van der Waals surface area contributed by atoms with Crippen molar-refractivity contribution in [3.63, 3.8) is 0 Å². The lowest BCUT2D eigenvalue weighted by molar-refractivity contribution is 0.155. The van der Waals surface area contributed by atoms with Gasteiger partial charge in [-0.3, -0.25) is 4.90 Å². The lowest BCUT2D eigenvalue weighted by Crippen LogP contribution is -2.30. The van der Waals surface area contributed by atoms with Gasteiger partial charge in [0.25, 0.3) is 0 Å². The average Bonchev–Trinajstić information content (AvgIpc) is 2.30. The minimum Gasteiger partial charge on any atom is -0.395 e. The van der Waals surface area contributed by atoms with Gasteiger partial charge in [-0.1, -0.05) is 6.07 Å². The van der Waals surface area contributed by atoms with Crippen LogP contribution in [0.15, 0.2) is 18.2 Å². The third-order valence-corrected chi connectivity index (χ3v) is 2.61. The second-order valence-electron chi connectivity index (χ2n) is 3.84. The highest BCUT2D eigenvalue weighted by atomic mass is 19.1. The molecular formula is C12H19FN2O2. The molecule has 4 nitrogen and oxygen atoms in total. The van der Waals surface area contributed by atoms with Gasteiger partial charge in [0.15, 0.2) is 0 Å². The molecule has 96 valence electrons. The third kappa shape index (κ3) is 4.40. The van der Waals surface area contributed by atoms with Gasteiger partial charge in [-0.2, -0.15) is 0 Å². The first kappa shape index (κ1) is 14.1. The van der Waals surface area contributed by atoms with Crippen LogP contribution in [0.25, 0.3) is 0 Å². The maximum absolute atomic E-state index is 13.1. The first-order valence-electron chi connectivity index (χ1n) is 5.62. The summed E-state index contributed by atoms with van der Waals surface area (Å²) in [6.07, 6.45) is 0. The van der Waals surface area contributed by atoms with Crippen LogP contribution in [0.4, 0.5) is 4.39 Å². The summed E-state index contributed by atoms with van der Waals surface area (Å²) >= 11 is 0. The molecule has 0 saturated carbocycles. The van der Waals surface area contributed by atoms with Crippen molar-refractivity contribution in [2.24, 2.45) is 5.73 Å². The summed E-state index contributed by atoms with van der Waals surface area (Å²) in [6.45, 7) is 1.73. The summed E-state index contributed by atoms with van der Waals surface area (Å²) < 4.78 is 13.1. The molecule has 4 N–H and O–H groups in total. The second kappa shape index (κ2) is 7.34. The Hall–Kier alpha value is -1.01. The van der Waals surface area contributed by atoms with Gasteiger partial charge >= 0.3 is 0 Å². The predicted molar refractivity (Wildman–Crippen MR) is 63.7 cm³/mol. The maximum atomic E-state index is 13.1. The number of aliphatic hydroxyl groups excluding tert-OH is 2. The zero-order valence-electron chi connectivity index (χ0n) is 9.77. The van der Waals surface area contributed by atoms with E-state index < -0.39 is 0 Å². The fourth-order valence-electron chi connectivity index (χ4n) is 1.73. The monoisotopic (exact) mass is 242 g/mol. The molecule has 0 aliphatic carbocycles. The Labute approximate surface area is 100 Å². The molecule has 0 radical (unpaired) electrons. The van der Waals surface area contributed by atoms with Crippen molar-refractivity contribution in [1.29, 1.82) is 0 Å². The van der Waals surface area contributed by atoms with Gasteiger partial charge in [0.05, 0.1) is 13.2 Å². The van der Waals surface area contributed by atoms with Gasteiger partial charge in [-0.25, -0.2) is 4.39 Å². The van der Waals surface area contributed by atoms with Gasteiger partial charge in [0, 0.05) is 26.2 Å². The lowest BCUT2D eigenvalue weighted by Gasteiger charge is -2.21. The quantitative estimate of drug-likeness (QED) is 0.633. The van der Waals surface area contributed by atoms with Crippen molar-refractivity contribution >= 4 is 0 Å². The summed E-state index contributed by atoms with van der Waals surface area (Å²) in [5.41, 5.74) is 7.27. The molecule has 1 aromatic rings. The van der Waals surface area contributed by atoms with Crippen molar-refractivity contribution in [3.05, 3.63) is 35.1 Å². The molecule has 0 fully saturated rings. The molecule has 0 aromatic heterocycles. The molecule has 0 amide bonds. The van der Waals surface area contributed by atoms with Crippen molar-refractivity contribution in [2.45, 2.75) is 13.1 Å². The average molecular weight is 242 g/mol. The van der Waals surface area contributed by atoms with E-state index in [0.29, 0.717) is 26.2 Å². The zero-order chi connectivity index (χ0) is 12.7. The Morgan fingerprint density at radius 2 is 1.76 bits per heavy atom. The molecule has 0 bridgehead atoms. The Morgan fingerprint density at radius 3 is 2.29 bits per heavy atom. The van der Waals surface area contributed by atoms with E-state index in [2.05, 4.69) is 0 Å². The van der Waals surface area contributed by atoms with Crippen molar-refractivity contribution in [3.8, 4) is 0 Å². The SMILES string of the molecule is NCc1ccc(F)cc1CN(CCO)CCO. The van der Waals surface area contributed by atoms with Crippen molar-refractivity contribution < 1.29 is 14.6 Å².